The minimum atomic E-state index is 0.749. The highest BCUT2D eigenvalue weighted by Gasteiger charge is 2.14. The predicted molar refractivity (Wildman–Crippen MR) is 53.5 cm³/mol. The van der Waals surface area contributed by atoms with Crippen LogP contribution in [0, 0.1) is 5.92 Å². The number of imidazole rings is 1. The molecule has 0 aromatic carbocycles. The highest BCUT2D eigenvalue weighted by Crippen LogP contribution is 2.18. The second-order valence-electron chi connectivity index (χ2n) is 3.40. The van der Waals surface area contributed by atoms with E-state index in [1.165, 1.54) is 12.8 Å². The molecule has 2 rings (SSSR count). The highest BCUT2D eigenvalue weighted by atomic mass is 79.9. The van der Waals surface area contributed by atoms with E-state index in [0.29, 0.717) is 0 Å². The summed E-state index contributed by atoms with van der Waals surface area (Å²) in [5.41, 5.74) is 0. The van der Waals surface area contributed by atoms with E-state index in [2.05, 4.69) is 25.5 Å². The maximum absolute atomic E-state index is 5.31. The van der Waals surface area contributed by atoms with Crippen LogP contribution in [0.2, 0.25) is 0 Å². The summed E-state index contributed by atoms with van der Waals surface area (Å²) in [6, 6.07) is 0. The third kappa shape index (κ3) is 2.31. The first-order valence-corrected chi connectivity index (χ1v) is 5.40. The first-order valence-electron chi connectivity index (χ1n) is 4.60. The normalized spacial score (nSPS) is 19.2. The minimum Gasteiger partial charge on any atom is -0.381 e. The fraction of sp³-hybridized carbons (Fsp3) is 0.667. The van der Waals surface area contributed by atoms with Crippen molar-refractivity contribution in [3.05, 3.63) is 17.1 Å². The van der Waals surface area contributed by atoms with Crippen LogP contribution in [0.3, 0.4) is 0 Å². The Morgan fingerprint density at radius 2 is 2.31 bits per heavy atom. The maximum Gasteiger partial charge on any atom is 0.177 e. The topological polar surface area (TPSA) is 27.1 Å². The van der Waals surface area contributed by atoms with Gasteiger partial charge in [-0.15, -0.1) is 0 Å². The summed E-state index contributed by atoms with van der Waals surface area (Å²) in [7, 11) is 0. The molecule has 3 nitrogen and oxygen atoms in total. The third-order valence-electron chi connectivity index (χ3n) is 2.46. The standard InChI is InChI=1S/C9H13BrN2O/c10-9-11-3-4-12(9)7-8-1-5-13-6-2-8/h3-4,8H,1-2,5-7H2. The Labute approximate surface area is 86.2 Å². The van der Waals surface area contributed by atoms with Crippen LogP contribution in [0.5, 0.6) is 0 Å². The number of ether oxygens (including phenoxy) is 1. The van der Waals surface area contributed by atoms with Gasteiger partial charge in [0.1, 0.15) is 0 Å². The summed E-state index contributed by atoms with van der Waals surface area (Å²) in [6.07, 6.45) is 6.18. The van der Waals surface area contributed by atoms with Gasteiger partial charge in [0.15, 0.2) is 4.73 Å². The monoisotopic (exact) mass is 244 g/mol. The molecule has 0 radical (unpaired) electrons. The number of hydrogen-bond donors (Lipinski definition) is 0. The van der Waals surface area contributed by atoms with Crippen LogP contribution in [0.15, 0.2) is 17.1 Å². The molecule has 1 fully saturated rings. The van der Waals surface area contributed by atoms with Crippen molar-refractivity contribution in [2.75, 3.05) is 13.2 Å². The van der Waals surface area contributed by atoms with E-state index < -0.39 is 0 Å². The summed E-state index contributed by atoms with van der Waals surface area (Å²) >= 11 is 3.41. The minimum absolute atomic E-state index is 0.749. The van der Waals surface area contributed by atoms with Gasteiger partial charge in [0, 0.05) is 32.2 Å². The summed E-state index contributed by atoms with van der Waals surface area (Å²) in [6.45, 7) is 2.89. The molecule has 0 bridgehead atoms. The van der Waals surface area contributed by atoms with Gasteiger partial charge >= 0.3 is 0 Å². The molecule has 0 amide bonds. The molecule has 0 unspecified atom stereocenters. The molecule has 0 atom stereocenters. The quantitative estimate of drug-likeness (QED) is 0.797. The lowest BCUT2D eigenvalue weighted by atomic mass is 10.0. The molecule has 0 spiro atoms. The van der Waals surface area contributed by atoms with Crippen LogP contribution in [-0.2, 0) is 11.3 Å². The molecule has 1 aliphatic heterocycles. The molecular weight excluding hydrogens is 232 g/mol. The van der Waals surface area contributed by atoms with Crippen LogP contribution in [0.25, 0.3) is 0 Å². The summed E-state index contributed by atoms with van der Waals surface area (Å²) in [4.78, 5) is 4.13. The molecule has 2 heterocycles. The molecule has 1 aromatic heterocycles. The van der Waals surface area contributed by atoms with Crippen molar-refractivity contribution in [2.45, 2.75) is 19.4 Å². The number of nitrogens with zero attached hydrogens (tertiary/aromatic N) is 2. The smallest absolute Gasteiger partial charge is 0.177 e. The molecule has 0 N–H and O–H groups in total. The van der Waals surface area contributed by atoms with Crippen LogP contribution >= 0.6 is 15.9 Å². The fourth-order valence-corrected chi connectivity index (χ4v) is 2.04. The number of halogens is 1. The van der Waals surface area contributed by atoms with Gasteiger partial charge in [-0.25, -0.2) is 4.98 Å². The van der Waals surface area contributed by atoms with Gasteiger partial charge in [0.25, 0.3) is 0 Å². The van der Waals surface area contributed by atoms with Crippen molar-refractivity contribution in [2.24, 2.45) is 5.92 Å². The largest absolute Gasteiger partial charge is 0.381 e. The van der Waals surface area contributed by atoms with E-state index in [9.17, 15) is 0 Å². The van der Waals surface area contributed by atoms with E-state index in [0.717, 1.165) is 30.4 Å². The molecule has 1 saturated heterocycles. The third-order valence-corrected chi connectivity index (χ3v) is 3.12. The molecule has 1 aromatic rings. The van der Waals surface area contributed by atoms with Gasteiger partial charge in [-0.1, -0.05) is 0 Å². The number of hydrogen-bond acceptors (Lipinski definition) is 2. The van der Waals surface area contributed by atoms with Gasteiger partial charge in [-0.3, -0.25) is 0 Å². The zero-order valence-corrected chi connectivity index (χ0v) is 9.03. The van der Waals surface area contributed by atoms with E-state index in [1.54, 1.807) is 0 Å². The van der Waals surface area contributed by atoms with Crippen LogP contribution in [0.1, 0.15) is 12.8 Å². The van der Waals surface area contributed by atoms with Crippen molar-refractivity contribution >= 4 is 15.9 Å². The SMILES string of the molecule is Brc1nccn1CC1CCOCC1. The maximum atomic E-state index is 5.31. The van der Waals surface area contributed by atoms with Gasteiger partial charge in [0.2, 0.25) is 0 Å². The Bertz CT molecular complexity index is 268. The van der Waals surface area contributed by atoms with Crippen molar-refractivity contribution in [1.29, 1.82) is 0 Å². The van der Waals surface area contributed by atoms with Gasteiger partial charge in [0.05, 0.1) is 0 Å². The molecule has 13 heavy (non-hydrogen) atoms. The Kier molecular flexibility index (Phi) is 3.01. The molecule has 1 aliphatic rings. The van der Waals surface area contributed by atoms with Gasteiger partial charge in [-0.2, -0.15) is 0 Å². The Morgan fingerprint density at radius 3 is 2.92 bits per heavy atom. The van der Waals surface area contributed by atoms with Crippen molar-refractivity contribution < 1.29 is 4.74 Å². The van der Waals surface area contributed by atoms with Crippen LogP contribution in [-0.4, -0.2) is 22.8 Å². The lowest BCUT2D eigenvalue weighted by Gasteiger charge is -2.22. The predicted octanol–water partition coefficient (Wildman–Crippen LogP) is 2.07. The van der Waals surface area contributed by atoms with E-state index in [1.807, 2.05) is 12.4 Å². The average molecular weight is 245 g/mol. The lowest BCUT2D eigenvalue weighted by molar-refractivity contribution is 0.0610. The van der Waals surface area contributed by atoms with Gasteiger partial charge < -0.3 is 9.30 Å². The molecule has 0 saturated carbocycles. The van der Waals surface area contributed by atoms with Crippen molar-refractivity contribution in [3.63, 3.8) is 0 Å². The Morgan fingerprint density at radius 1 is 1.54 bits per heavy atom. The Balaban J connectivity index is 1.93. The van der Waals surface area contributed by atoms with E-state index in [4.69, 9.17) is 4.74 Å². The zero-order valence-electron chi connectivity index (χ0n) is 7.45. The number of rotatable bonds is 2. The van der Waals surface area contributed by atoms with E-state index >= 15 is 0 Å². The Hall–Kier alpha value is -0.350. The van der Waals surface area contributed by atoms with Crippen LogP contribution in [0.4, 0.5) is 0 Å². The number of aromatic nitrogens is 2. The average Bonchev–Trinajstić information content (AvgIpc) is 2.54. The van der Waals surface area contributed by atoms with Crippen molar-refractivity contribution in [1.82, 2.24) is 9.55 Å². The molecule has 0 aliphatic carbocycles. The molecular formula is C9H13BrN2O. The first-order chi connectivity index (χ1) is 6.36. The molecule has 72 valence electrons. The van der Waals surface area contributed by atoms with E-state index in [-0.39, 0.29) is 0 Å². The second-order valence-corrected chi connectivity index (χ2v) is 4.11. The lowest BCUT2D eigenvalue weighted by Crippen LogP contribution is -2.20. The van der Waals surface area contributed by atoms with Gasteiger partial charge in [-0.05, 0) is 34.7 Å². The van der Waals surface area contributed by atoms with Crippen LogP contribution < -0.4 is 0 Å². The first kappa shape index (κ1) is 9.21. The zero-order chi connectivity index (χ0) is 9.10. The second kappa shape index (κ2) is 4.24. The summed E-state index contributed by atoms with van der Waals surface area (Å²) < 4.78 is 8.39. The molecule has 4 heteroatoms. The highest BCUT2D eigenvalue weighted by molar-refractivity contribution is 9.10. The fourth-order valence-electron chi connectivity index (χ4n) is 1.65. The summed E-state index contributed by atoms with van der Waals surface area (Å²) in [5, 5.41) is 0. The van der Waals surface area contributed by atoms with Crippen molar-refractivity contribution in [3.8, 4) is 0 Å². The summed E-state index contributed by atoms with van der Waals surface area (Å²) in [5.74, 6) is 0.749.